The van der Waals surface area contributed by atoms with Gasteiger partial charge in [-0.05, 0) is 49.1 Å². The van der Waals surface area contributed by atoms with E-state index in [0.29, 0.717) is 0 Å². The van der Waals surface area contributed by atoms with Gasteiger partial charge < -0.3 is 10.1 Å². The van der Waals surface area contributed by atoms with Gasteiger partial charge in [-0.2, -0.15) is 0 Å². The van der Waals surface area contributed by atoms with Gasteiger partial charge in [-0.15, -0.1) is 0 Å². The molecular weight excluding hydrogens is 294 g/mol. The molecule has 0 radical (unpaired) electrons. The number of halogens is 1. The van der Waals surface area contributed by atoms with E-state index < -0.39 is 0 Å². The average Bonchev–Trinajstić information content (AvgIpc) is 2.47. The summed E-state index contributed by atoms with van der Waals surface area (Å²) in [7, 11) is 1.43. The fourth-order valence-corrected chi connectivity index (χ4v) is 2.41. The van der Waals surface area contributed by atoms with Gasteiger partial charge >= 0.3 is 5.97 Å². The fraction of sp³-hybridized carbons (Fsp3) is 0.357. The predicted molar refractivity (Wildman–Crippen MR) is 76.5 cm³/mol. The topological polar surface area (TPSA) is 38.3 Å². The SMILES string of the molecule is COC(=O)/C1=C/c2cc(Br)ccc2NCCCC1. The van der Waals surface area contributed by atoms with E-state index in [1.807, 2.05) is 24.3 Å². The molecule has 0 saturated carbocycles. The molecule has 0 saturated heterocycles. The minimum atomic E-state index is -0.233. The lowest BCUT2D eigenvalue weighted by Gasteiger charge is -2.09. The number of hydrogen-bond acceptors (Lipinski definition) is 3. The van der Waals surface area contributed by atoms with Gasteiger partial charge in [-0.25, -0.2) is 4.79 Å². The molecule has 1 aromatic carbocycles. The molecule has 18 heavy (non-hydrogen) atoms. The molecule has 0 spiro atoms. The molecule has 1 aliphatic heterocycles. The van der Waals surface area contributed by atoms with Crippen LogP contribution in [0, 0.1) is 0 Å². The first kappa shape index (κ1) is 13.1. The van der Waals surface area contributed by atoms with Crippen molar-refractivity contribution in [2.24, 2.45) is 0 Å². The molecule has 2 rings (SSSR count). The summed E-state index contributed by atoms with van der Waals surface area (Å²) in [5.74, 6) is -0.233. The number of ether oxygens (including phenoxy) is 1. The van der Waals surface area contributed by atoms with E-state index in [1.54, 1.807) is 0 Å². The number of anilines is 1. The van der Waals surface area contributed by atoms with Crippen LogP contribution in [0.5, 0.6) is 0 Å². The Morgan fingerprint density at radius 1 is 1.39 bits per heavy atom. The first-order chi connectivity index (χ1) is 8.70. The van der Waals surface area contributed by atoms with Crippen molar-refractivity contribution in [1.82, 2.24) is 0 Å². The van der Waals surface area contributed by atoms with Crippen molar-refractivity contribution in [2.45, 2.75) is 19.3 Å². The maximum absolute atomic E-state index is 11.7. The number of benzene rings is 1. The van der Waals surface area contributed by atoms with E-state index in [4.69, 9.17) is 4.74 Å². The lowest BCUT2D eigenvalue weighted by atomic mass is 10.1. The molecular formula is C14H16BrNO2. The molecule has 3 nitrogen and oxygen atoms in total. The zero-order chi connectivity index (χ0) is 13.0. The predicted octanol–water partition coefficient (Wildman–Crippen LogP) is 3.60. The van der Waals surface area contributed by atoms with E-state index in [-0.39, 0.29) is 5.97 Å². The van der Waals surface area contributed by atoms with Crippen LogP contribution in [0.1, 0.15) is 24.8 Å². The molecule has 0 bridgehead atoms. The Labute approximate surface area is 115 Å². The van der Waals surface area contributed by atoms with Gasteiger partial charge in [0.05, 0.1) is 7.11 Å². The number of esters is 1. The van der Waals surface area contributed by atoms with E-state index >= 15 is 0 Å². The normalized spacial score (nSPS) is 18.2. The van der Waals surface area contributed by atoms with Crippen molar-refractivity contribution >= 4 is 33.7 Å². The molecule has 1 aromatic rings. The summed E-state index contributed by atoms with van der Waals surface area (Å²) in [6.45, 7) is 0.928. The largest absolute Gasteiger partial charge is 0.466 e. The third kappa shape index (κ3) is 3.13. The number of hydrogen-bond donors (Lipinski definition) is 1. The highest BCUT2D eigenvalue weighted by molar-refractivity contribution is 9.10. The second-order valence-corrected chi connectivity index (χ2v) is 5.19. The van der Waals surface area contributed by atoms with E-state index in [1.165, 1.54) is 7.11 Å². The minimum absolute atomic E-state index is 0.233. The zero-order valence-corrected chi connectivity index (χ0v) is 11.9. The number of rotatable bonds is 1. The van der Waals surface area contributed by atoms with Crippen LogP contribution in [0.2, 0.25) is 0 Å². The van der Waals surface area contributed by atoms with Crippen molar-refractivity contribution in [2.75, 3.05) is 19.0 Å². The number of carbonyl (C=O) groups is 1. The van der Waals surface area contributed by atoms with Crippen LogP contribution >= 0.6 is 15.9 Å². The van der Waals surface area contributed by atoms with Gasteiger partial charge in [-0.1, -0.05) is 15.9 Å². The second kappa shape index (κ2) is 6.05. The molecule has 1 heterocycles. The molecule has 0 amide bonds. The molecule has 0 unspecified atom stereocenters. The fourth-order valence-electron chi connectivity index (χ4n) is 2.03. The Balaban J connectivity index is 2.42. The van der Waals surface area contributed by atoms with Crippen LogP contribution in [0.25, 0.3) is 6.08 Å². The third-order valence-corrected chi connectivity index (χ3v) is 3.47. The summed E-state index contributed by atoms with van der Waals surface area (Å²) >= 11 is 3.46. The van der Waals surface area contributed by atoms with Gasteiger partial charge in [0, 0.05) is 22.3 Å². The van der Waals surface area contributed by atoms with Gasteiger partial charge in [0.25, 0.3) is 0 Å². The Morgan fingerprint density at radius 2 is 2.22 bits per heavy atom. The van der Waals surface area contributed by atoms with E-state index in [9.17, 15) is 4.79 Å². The molecule has 0 aliphatic carbocycles. The maximum atomic E-state index is 11.7. The van der Waals surface area contributed by atoms with Crippen LogP contribution < -0.4 is 5.32 Å². The Bertz CT molecular complexity index is 483. The molecule has 96 valence electrons. The highest BCUT2D eigenvalue weighted by atomic mass is 79.9. The second-order valence-electron chi connectivity index (χ2n) is 4.28. The monoisotopic (exact) mass is 309 g/mol. The van der Waals surface area contributed by atoms with Crippen molar-refractivity contribution in [3.63, 3.8) is 0 Å². The van der Waals surface area contributed by atoms with Crippen molar-refractivity contribution in [3.05, 3.63) is 33.8 Å². The van der Waals surface area contributed by atoms with E-state index in [2.05, 4.69) is 21.2 Å². The van der Waals surface area contributed by atoms with Gasteiger partial charge in [0.15, 0.2) is 0 Å². The van der Waals surface area contributed by atoms with Gasteiger partial charge in [0.2, 0.25) is 0 Å². The van der Waals surface area contributed by atoms with Crippen molar-refractivity contribution < 1.29 is 9.53 Å². The van der Waals surface area contributed by atoms with Crippen LogP contribution in [-0.2, 0) is 9.53 Å². The van der Waals surface area contributed by atoms with Crippen LogP contribution in [-0.4, -0.2) is 19.6 Å². The maximum Gasteiger partial charge on any atom is 0.333 e. The first-order valence-electron chi connectivity index (χ1n) is 6.03. The minimum Gasteiger partial charge on any atom is -0.466 e. The van der Waals surface area contributed by atoms with E-state index in [0.717, 1.165) is 47.1 Å². The first-order valence-corrected chi connectivity index (χ1v) is 6.82. The van der Waals surface area contributed by atoms with Crippen molar-refractivity contribution in [3.8, 4) is 0 Å². The average molecular weight is 310 g/mol. The highest BCUT2D eigenvalue weighted by Crippen LogP contribution is 2.26. The summed E-state index contributed by atoms with van der Waals surface area (Å²) in [6, 6.07) is 6.03. The van der Waals surface area contributed by atoms with Crippen LogP contribution in [0.15, 0.2) is 28.2 Å². The molecule has 0 atom stereocenters. The Kier molecular flexibility index (Phi) is 4.42. The zero-order valence-electron chi connectivity index (χ0n) is 10.3. The summed E-state index contributed by atoms with van der Waals surface area (Å²) < 4.78 is 5.84. The molecule has 1 aliphatic rings. The summed E-state index contributed by atoms with van der Waals surface area (Å²) in [4.78, 5) is 11.7. The smallest absolute Gasteiger partial charge is 0.333 e. The summed E-state index contributed by atoms with van der Waals surface area (Å²) in [5, 5.41) is 3.39. The lowest BCUT2D eigenvalue weighted by Crippen LogP contribution is -2.04. The standard InChI is InChI=1S/C14H16BrNO2/c1-18-14(17)10-4-2-3-7-16-13-6-5-12(15)9-11(13)8-10/h5-6,8-9,16H,2-4,7H2,1H3/b10-8+. The number of carbonyl (C=O) groups excluding carboxylic acids is 1. The highest BCUT2D eigenvalue weighted by Gasteiger charge is 2.12. The number of nitrogens with one attached hydrogen (secondary N) is 1. The lowest BCUT2D eigenvalue weighted by molar-refractivity contribution is -0.136. The molecule has 4 heteroatoms. The van der Waals surface area contributed by atoms with Crippen LogP contribution in [0.3, 0.4) is 0 Å². The third-order valence-electron chi connectivity index (χ3n) is 2.98. The van der Waals surface area contributed by atoms with Crippen LogP contribution in [0.4, 0.5) is 5.69 Å². The molecule has 1 N–H and O–H groups in total. The number of fused-ring (bicyclic) bond motifs is 1. The van der Waals surface area contributed by atoms with Gasteiger partial charge in [0.1, 0.15) is 0 Å². The quantitative estimate of drug-likeness (QED) is 0.806. The summed E-state index contributed by atoms with van der Waals surface area (Å²) in [5.41, 5.74) is 2.81. The molecule has 0 fully saturated rings. The number of methoxy groups -OCH3 is 1. The molecule has 0 aromatic heterocycles. The Hall–Kier alpha value is -1.29. The van der Waals surface area contributed by atoms with Crippen molar-refractivity contribution in [1.29, 1.82) is 0 Å². The summed E-state index contributed by atoms with van der Waals surface area (Å²) in [6.07, 6.45) is 4.72. The van der Waals surface area contributed by atoms with Gasteiger partial charge in [-0.3, -0.25) is 0 Å². The Morgan fingerprint density at radius 3 is 3.00 bits per heavy atom.